The maximum Gasteiger partial charge on any atom is 0.305 e. The van der Waals surface area contributed by atoms with Crippen molar-refractivity contribution in [3.05, 3.63) is 0 Å². The lowest BCUT2D eigenvalue weighted by Crippen LogP contribution is -2.28. The molecule has 0 N–H and O–H groups in total. The van der Waals surface area contributed by atoms with E-state index in [4.69, 9.17) is 4.74 Å². The fourth-order valence-corrected chi connectivity index (χ4v) is 5.49. The van der Waals surface area contributed by atoms with Crippen LogP contribution in [-0.4, -0.2) is 37.1 Å². The second-order valence-electron chi connectivity index (χ2n) is 12.0. The van der Waals surface area contributed by atoms with Gasteiger partial charge in [-0.15, -0.1) is 0 Å². The molecule has 0 fully saturated rings. The first-order chi connectivity index (χ1) is 18.7. The Labute approximate surface area is 240 Å². The predicted molar refractivity (Wildman–Crippen MR) is 169 cm³/mol. The molecule has 1 unspecified atom stereocenters. The fraction of sp³-hybridized carbons (Fsp3) is 0.971. The molecule has 0 aromatic heterocycles. The van der Waals surface area contributed by atoms with Gasteiger partial charge in [0.05, 0.1) is 6.61 Å². The summed E-state index contributed by atoms with van der Waals surface area (Å²) in [4.78, 5) is 14.6. The van der Waals surface area contributed by atoms with E-state index in [-0.39, 0.29) is 5.97 Å². The molecule has 0 aromatic rings. The molecule has 0 saturated carbocycles. The van der Waals surface area contributed by atoms with Crippen LogP contribution in [0.25, 0.3) is 0 Å². The molecular formula is C35H71NO2. The van der Waals surface area contributed by atoms with Gasteiger partial charge in [0.1, 0.15) is 0 Å². The summed E-state index contributed by atoms with van der Waals surface area (Å²) in [5, 5.41) is 0. The Bertz CT molecular complexity index is 467. The van der Waals surface area contributed by atoms with Crippen LogP contribution >= 0.6 is 0 Å². The van der Waals surface area contributed by atoms with E-state index >= 15 is 0 Å². The second-order valence-corrected chi connectivity index (χ2v) is 12.0. The van der Waals surface area contributed by atoms with Gasteiger partial charge in [-0.1, -0.05) is 150 Å². The molecule has 0 aliphatic carbocycles. The van der Waals surface area contributed by atoms with Crippen LogP contribution in [0.4, 0.5) is 0 Å². The standard InChI is InChI=1S/C35H71NO2/c1-5-9-12-13-14-15-16-17-18-19-21-24-30-36(32-29-34(8-4)27-11-7-3)31-25-22-20-23-28-35(37)38-33-26-10-6-2/h34H,5-33H2,1-4H3. The number of nitrogens with zero attached hydrogens (tertiary/aromatic N) is 1. The van der Waals surface area contributed by atoms with Crippen molar-refractivity contribution in [3.8, 4) is 0 Å². The summed E-state index contributed by atoms with van der Waals surface area (Å²) >= 11 is 0. The molecule has 3 heteroatoms. The molecule has 228 valence electrons. The van der Waals surface area contributed by atoms with Crippen LogP contribution in [0, 0.1) is 5.92 Å². The van der Waals surface area contributed by atoms with E-state index in [1.165, 1.54) is 148 Å². The first kappa shape index (κ1) is 37.4. The predicted octanol–water partition coefficient (Wildman–Crippen LogP) is 11.3. The van der Waals surface area contributed by atoms with Gasteiger partial charge in [-0.3, -0.25) is 4.79 Å². The lowest BCUT2D eigenvalue weighted by molar-refractivity contribution is -0.143. The number of unbranched alkanes of at least 4 members (excludes halogenated alkanes) is 17. The molecule has 38 heavy (non-hydrogen) atoms. The smallest absolute Gasteiger partial charge is 0.305 e. The number of hydrogen-bond donors (Lipinski definition) is 0. The number of rotatable bonds is 31. The van der Waals surface area contributed by atoms with E-state index in [9.17, 15) is 4.79 Å². The topological polar surface area (TPSA) is 29.5 Å². The van der Waals surface area contributed by atoms with E-state index in [0.29, 0.717) is 13.0 Å². The minimum Gasteiger partial charge on any atom is -0.466 e. The summed E-state index contributed by atoms with van der Waals surface area (Å²) in [7, 11) is 0. The molecule has 0 aliphatic heterocycles. The van der Waals surface area contributed by atoms with Gasteiger partial charge in [-0.25, -0.2) is 0 Å². The van der Waals surface area contributed by atoms with Crippen LogP contribution in [0.15, 0.2) is 0 Å². The summed E-state index contributed by atoms with van der Waals surface area (Å²) in [5.74, 6) is 0.912. The molecular weight excluding hydrogens is 466 g/mol. The van der Waals surface area contributed by atoms with Crippen molar-refractivity contribution < 1.29 is 9.53 Å². The second kappa shape index (κ2) is 31.0. The highest BCUT2D eigenvalue weighted by Crippen LogP contribution is 2.18. The Morgan fingerprint density at radius 3 is 1.53 bits per heavy atom. The summed E-state index contributed by atoms with van der Waals surface area (Å²) in [5.41, 5.74) is 0. The highest BCUT2D eigenvalue weighted by molar-refractivity contribution is 5.69. The SMILES string of the molecule is CCCCCCCCCCCCCCN(CCCCCCC(=O)OCCCCC)CCC(CC)CCCC. The van der Waals surface area contributed by atoms with Crippen LogP contribution in [0.2, 0.25) is 0 Å². The highest BCUT2D eigenvalue weighted by Gasteiger charge is 2.11. The van der Waals surface area contributed by atoms with Crippen LogP contribution in [-0.2, 0) is 9.53 Å². The fourth-order valence-electron chi connectivity index (χ4n) is 5.49. The summed E-state index contributed by atoms with van der Waals surface area (Å²) < 4.78 is 5.34. The summed E-state index contributed by atoms with van der Waals surface area (Å²) in [6, 6.07) is 0. The zero-order valence-corrected chi connectivity index (χ0v) is 26.8. The van der Waals surface area contributed by atoms with Gasteiger partial charge in [-0.05, 0) is 57.7 Å². The van der Waals surface area contributed by atoms with Crippen molar-refractivity contribution in [1.29, 1.82) is 0 Å². The molecule has 0 aromatic carbocycles. The van der Waals surface area contributed by atoms with Crippen molar-refractivity contribution >= 4 is 5.97 Å². The van der Waals surface area contributed by atoms with E-state index in [2.05, 4.69) is 32.6 Å². The van der Waals surface area contributed by atoms with Crippen LogP contribution in [0.5, 0.6) is 0 Å². The zero-order chi connectivity index (χ0) is 27.9. The van der Waals surface area contributed by atoms with Crippen molar-refractivity contribution in [3.63, 3.8) is 0 Å². The molecule has 0 saturated heterocycles. The maximum absolute atomic E-state index is 11.9. The number of esters is 1. The largest absolute Gasteiger partial charge is 0.466 e. The Morgan fingerprint density at radius 2 is 1.00 bits per heavy atom. The van der Waals surface area contributed by atoms with E-state index < -0.39 is 0 Å². The van der Waals surface area contributed by atoms with Gasteiger partial charge in [0.2, 0.25) is 0 Å². The van der Waals surface area contributed by atoms with Gasteiger partial charge < -0.3 is 9.64 Å². The molecule has 1 atom stereocenters. The molecule has 0 spiro atoms. The van der Waals surface area contributed by atoms with Crippen LogP contribution < -0.4 is 0 Å². The Hall–Kier alpha value is -0.570. The van der Waals surface area contributed by atoms with Gasteiger partial charge in [0.15, 0.2) is 0 Å². The first-order valence-corrected chi connectivity index (χ1v) is 17.6. The summed E-state index contributed by atoms with van der Waals surface area (Å²) in [6.07, 6.45) is 32.5. The van der Waals surface area contributed by atoms with Gasteiger partial charge in [0, 0.05) is 6.42 Å². The van der Waals surface area contributed by atoms with E-state index in [0.717, 1.165) is 31.6 Å². The normalized spacial score (nSPS) is 12.3. The van der Waals surface area contributed by atoms with Crippen molar-refractivity contribution in [2.24, 2.45) is 5.92 Å². The lowest BCUT2D eigenvalue weighted by Gasteiger charge is -2.25. The maximum atomic E-state index is 11.9. The Morgan fingerprint density at radius 1 is 0.526 bits per heavy atom. The Balaban J connectivity index is 4.05. The molecule has 0 heterocycles. The molecule has 0 amide bonds. The average Bonchev–Trinajstić information content (AvgIpc) is 2.93. The van der Waals surface area contributed by atoms with Crippen LogP contribution in [0.3, 0.4) is 0 Å². The molecule has 0 radical (unpaired) electrons. The van der Waals surface area contributed by atoms with Gasteiger partial charge >= 0.3 is 5.97 Å². The van der Waals surface area contributed by atoms with E-state index in [1.54, 1.807) is 0 Å². The summed E-state index contributed by atoms with van der Waals surface area (Å²) in [6.45, 7) is 13.6. The van der Waals surface area contributed by atoms with Gasteiger partial charge in [0.25, 0.3) is 0 Å². The number of carbonyl (C=O) groups excluding carboxylic acids is 1. The quantitative estimate of drug-likeness (QED) is 0.0650. The zero-order valence-electron chi connectivity index (χ0n) is 26.8. The lowest BCUT2D eigenvalue weighted by atomic mass is 9.95. The number of hydrogen-bond acceptors (Lipinski definition) is 3. The van der Waals surface area contributed by atoms with Crippen LogP contribution in [0.1, 0.15) is 188 Å². The third kappa shape index (κ3) is 27.0. The Kier molecular flexibility index (Phi) is 30.5. The first-order valence-electron chi connectivity index (χ1n) is 17.6. The number of ether oxygens (including phenoxy) is 1. The van der Waals surface area contributed by atoms with E-state index in [1.807, 2.05) is 0 Å². The molecule has 0 aliphatic rings. The van der Waals surface area contributed by atoms with Gasteiger partial charge in [-0.2, -0.15) is 0 Å². The van der Waals surface area contributed by atoms with Crippen molar-refractivity contribution in [2.75, 3.05) is 26.2 Å². The van der Waals surface area contributed by atoms with Crippen molar-refractivity contribution in [1.82, 2.24) is 4.90 Å². The average molecular weight is 538 g/mol. The minimum atomic E-state index is 0.00684. The third-order valence-corrected chi connectivity index (χ3v) is 8.34. The monoisotopic (exact) mass is 538 g/mol. The van der Waals surface area contributed by atoms with Crippen molar-refractivity contribution in [2.45, 2.75) is 188 Å². The molecule has 0 rings (SSSR count). The number of carbonyl (C=O) groups is 1. The molecule has 0 bridgehead atoms. The third-order valence-electron chi connectivity index (χ3n) is 8.34. The highest BCUT2D eigenvalue weighted by atomic mass is 16.5. The molecule has 3 nitrogen and oxygen atoms in total. The minimum absolute atomic E-state index is 0.00684.